The van der Waals surface area contributed by atoms with Gasteiger partial charge in [0.25, 0.3) is 0 Å². The first-order chi connectivity index (χ1) is 13.3. The third-order valence-corrected chi connectivity index (χ3v) is 5.79. The van der Waals surface area contributed by atoms with Gasteiger partial charge in [-0.05, 0) is 18.8 Å². The lowest BCUT2D eigenvalue weighted by Crippen LogP contribution is -2.40. The van der Waals surface area contributed by atoms with Crippen LogP contribution in [0.1, 0.15) is 59.3 Å². The summed E-state index contributed by atoms with van der Waals surface area (Å²) in [5.41, 5.74) is 0. The topological polar surface area (TPSA) is 116 Å². The highest BCUT2D eigenvalue weighted by atomic mass is 33.1. The molecule has 0 atom stereocenters. The van der Waals surface area contributed by atoms with Crippen LogP contribution in [-0.4, -0.2) is 48.5 Å². The number of carbonyl (C=O) groups excluding carboxylic acids is 4. The van der Waals surface area contributed by atoms with Gasteiger partial charge in [-0.2, -0.15) is 0 Å². The lowest BCUT2D eigenvalue weighted by molar-refractivity contribution is -0.120. The van der Waals surface area contributed by atoms with Gasteiger partial charge in [-0.25, -0.2) is 9.59 Å². The fourth-order valence-corrected chi connectivity index (χ4v) is 3.71. The molecule has 0 radical (unpaired) electrons. The van der Waals surface area contributed by atoms with Crippen LogP contribution in [0, 0.1) is 5.92 Å². The normalized spacial score (nSPS) is 10.4. The second-order valence-electron chi connectivity index (χ2n) is 6.69. The first-order valence-corrected chi connectivity index (χ1v) is 12.2. The summed E-state index contributed by atoms with van der Waals surface area (Å²) in [6, 6.07) is -0.972. The molecule has 28 heavy (non-hydrogen) atoms. The van der Waals surface area contributed by atoms with E-state index in [9.17, 15) is 19.2 Å². The van der Waals surface area contributed by atoms with E-state index >= 15 is 0 Å². The maximum Gasteiger partial charge on any atom is 0.321 e. The van der Waals surface area contributed by atoms with E-state index in [1.165, 1.54) is 21.6 Å². The molecule has 0 aliphatic heterocycles. The molecule has 162 valence electrons. The predicted molar refractivity (Wildman–Crippen MR) is 116 cm³/mol. The van der Waals surface area contributed by atoms with Crippen molar-refractivity contribution < 1.29 is 19.2 Å². The molecule has 0 fully saturated rings. The summed E-state index contributed by atoms with van der Waals surface area (Å²) in [4.78, 5) is 46.2. The van der Waals surface area contributed by atoms with Crippen LogP contribution in [0.5, 0.6) is 0 Å². The van der Waals surface area contributed by atoms with Crippen molar-refractivity contribution in [3.05, 3.63) is 0 Å². The highest BCUT2D eigenvalue weighted by Crippen LogP contribution is 2.19. The van der Waals surface area contributed by atoms with Gasteiger partial charge in [0.15, 0.2) is 0 Å². The number of rotatable bonds is 14. The molecule has 0 saturated heterocycles. The van der Waals surface area contributed by atoms with E-state index in [0.29, 0.717) is 31.2 Å². The van der Waals surface area contributed by atoms with E-state index in [0.717, 1.165) is 32.1 Å². The van der Waals surface area contributed by atoms with Gasteiger partial charge in [-0.15, -0.1) is 0 Å². The number of carbonyl (C=O) groups is 4. The Morgan fingerprint density at radius 1 is 0.821 bits per heavy atom. The van der Waals surface area contributed by atoms with Crippen LogP contribution in [0.25, 0.3) is 0 Å². The van der Waals surface area contributed by atoms with E-state index < -0.39 is 12.1 Å². The second kappa shape index (κ2) is 17.7. The fraction of sp³-hybridized carbons (Fsp3) is 0.778. The van der Waals surface area contributed by atoms with E-state index in [4.69, 9.17) is 0 Å². The van der Waals surface area contributed by atoms with Gasteiger partial charge in [0.2, 0.25) is 11.8 Å². The van der Waals surface area contributed by atoms with Gasteiger partial charge < -0.3 is 10.6 Å². The fourth-order valence-electron chi connectivity index (χ4n) is 1.97. The number of urea groups is 2. The predicted octanol–water partition coefficient (Wildman–Crippen LogP) is 3.04. The van der Waals surface area contributed by atoms with Crippen LogP contribution in [0.2, 0.25) is 0 Å². The highest BCUT2D eigenvalue weighted by Gasteiger charge is 2.09. The van der Waals surface area contributed by atoms with Crippen LogP contribution >= 0.6 is 21.6 Å². The zero-order chi connectivity index (χ0) is 21.2. The van der Waals surface area contributed by atoms with Crippen molar-refractivity contribution in [1.29, 1.82) is 0 Å². The van der Waals surface area contributed by atoms with Crippen molar-refractivity contribution in [2.45, 2.75) is 59.3 Å². The molecular weight excluding hydrogens is 400 g/mol. The highest BCUT2D eigenvalue weighted by molar-refractivity contribution is 8.76. The molecule has 0 aromatic carbocycles. The van der Waals surface area contributed by atoms with E-state index in [1.54, 1.807) is 0 Å². The Balaban J connectivity index is 3.58. The van der Waals surface area contributed by atoms with Gasteiger partial charge in [0.1, 0.15) is 0 Å². The molecular formula is C18H34N4O4S2. The Labute approximate surface area is 175 Å². The minimum atomic E-state index is -0.507. The van der Waals surface area contributed by atoms with Gasteiger partial charge in [0, 0.05) is 25.3 Å². The van der Waals surface area contributed by atoms with Crippen molar-refractivity contribution in [2.75, 3.05) is 24.6 Å². The zero-order valence-corrected chi connectivity index (χ0v) is 18.7. The number of nitrogens with one attached hydrogen (secondary N) is 4. The van der Waals surface area contributed by atoms with Crippen molar-refractivity contribution >= 4 is 45.5 Å². The molecule has 0 aromatic rings. The van der Waals surface area contributed by atoms with Crippen LogP contribution in [0.15, 0.2) is 0 Å². The molecule has 6 amide bonds. The average Bonchev–Trinajstić information content (AvgIpc) is 2.62. The minimum Gasteiger partial charge on any atom is -0.338 e. The van der Waals surface area contributed by atoms with Gasteiger partial charge in [0.05, 0.1) is 5.75 Å². The summed E-state index contributed by atoms with van der Waals surface area (Å²) in [6.45, 7) is 7.10. The molecule has 0 aliphatic carbocycles. The third-order valence-electron chi connectivity index (χ3n) is 3.51. The van der Waals surface area contributed by atoms with Crippen molar-refractivity contribution in [2.24, 2.45) is 5.92 Å². The molecule has 0 aliphatic rings. The lowest BCUT2D eigenvalue weighted by atomic mass is 10.1. The summed E-state index contributed by atoms with van der Waals surface area (Å²) < 4.78 is 0. The first-order valence-electron chi connectivity index (χ1n) is 9.74. The zero-order valence-electron chi connectivity index (χ0n) is 17.1. The van der Waals surface area contributed by atoms with Crippen molar-refractivity contribution in [1.82, 2.24) is 21.3 Å². The van der Waals surface area contributed by atoms with Gasteiger partial charge in [-0.3, -0.25) is 20.2 Å². The number of amides is 6. The molecule has 8 nitrogen and oxygen atoms in total. The number of imide groups is 2. The van der Waals surface area contributed by atoms with E-state index in [1.807, 2.05) is 13.8 Å². The van der Waals surface area contributed by atoms with E-state index in [-0.39, 0.29) is 17.6 Å². The molecule has 0 bridgehead atoms. The standard InChI is InChI=1S/C18H34N4O4S2/c1-4-5-6-7-10-19-17(25)22-16(24)13-28-27-12-11-20-18(26)21-15(23)9-8-14(2)3/h14H,4-13H2,1-3H3,(H2,19,22,24,25)(H2,20,21,23,26). The van der Waals surface area contributed by atoms with Gasteiger partial charge >= 0.3 is 12.1 Å². The average molecular weight is 435 g/mol. The molecule has 0 unspecified atom stereocenters. The molecule has 0 spiro atoms. The summed E-state index contributed by atoms with van der Waals surface area (Å²) in [7, 11) is 2.71. The quantitative estimate of drug-likeness (QED) is 0.247. The van der Waals surface area contributed by atoms with Crippen LogP contribution in [0.4, 0.5) is 9.59 Å². The third kappa shape index (κ3) is 18.0. The summed E-state index contributed by atoms with van der Waals surface area (Å²) in [5.74, 6) is 0.498. The minimum absolute atomic E-state index is 0.147. The molecule has 0 aromatic heterocycles. The van der Waals surface area contributed by atoms with Crippen molar-refractivity contribution in [3.8, 4) is 0 Å². The lowest BCUT2D eigenvalue weighted by Gasteiger charge is -2.08. The Kier molecular flexibility index (Phi) is 16.8. The molecule has 0 saturated carbocycles. The molecule has 0 heterocycles. The van der Waals surface area contributed by atoms with Crippen LogP contribution in [0.3, 0.4) is 0 Å². The van der Waals surface area contributed by atoms with E-state index in [2.05, 4.69) is 28.2 Å². The second-order valence-corrected chi connectivity index (χ2v) is 9.27. The molecule has 10 heteroatoms. The Bertz CT molecular complexity index is 490. The SMILES string of the molecule is CCCCCCNC(=O)NC(=O)CSSCCNC(=O)NC(=O)CCC(C)C. The molecule has 0 rings (SSSR count). The summed E-state index contributed by atoms with van der Waals surface area (Å²) in [6.07, 6.45) is 5.32. The monoisotopic (exact) mass is 434 g/mol. The van der Waals surface area contributed by atoms with Crippen LogP contribution < -0.4 is 21.3 Å². The summed E-state index contributed by atoms with van der Waals surface area (Å²) >= 11 is 0. The largest absolute Gasteiger partial charge is 0.338 e. The van der Waals surface area contributed by atoms with Crippen LogP contribution in [-0.2, 0) is 9.59 Å². The maximum atomic E-state index is 11.6. The first kappa shape index (κ1) is 26.6. The number of hydrogen-bond donors (Lipinski definition) is 4. The summed E-state index contributed by atoms with van der Waals surface area (Å²) in [5, 5.41) is 9.81. The van der Waals surface area contributed by atoms with Crippen molar-refractivity contribution in [3.63, 3.8) is 0 Å². The maximum absolute atomic E-state index is 11.6. The number of hydrogen-bond acceptors (Lipinski definition) is 6. The molecule has 4 N–H and O–H groups in total. The smallest absolute Gasteiger partial charge is 0.321 e. The Hall–Kier alpha value is -1.42. The number of unbranched alkanes of at least 4 members (excludes halogenated alkanes) is 3. The Morgan fingerprint density at radius 3 is 2.11 bits per heavy atom. The Morgan fingerprint density at radius 2 is 1.46 bits per heavy atom. The van der Waals surface area contributed by atoms with Gasteiger partial charge in [-0.1, -0.05) is 61.6 Å².